The van der Waals surface area contributed by atoms with Gasteiger partial charge in [-0.05, 0) is 87.2 Å². The highest BCUT2D eigenvalue weighted by atomic mass is 16.2. The van der Waals surface area contributed by atoms with E-state index in [1.807, 2.05) is 0 Å². The Morgan fingerprint density at radius 2 is 2.04 bits per heavy atom. The van der Waals surface area contributed by atoms with Crippen LogP contribution in [0, 0.1) is 25.7 Å². The fourth-order valence-electron chi connectivity index (χ4n) is 4.30. The van der Waals surface area contributed by atoms with Crippen LogP contribution in [0.15, 0.2) is 12.1 Å². The highest BCUT2D eigenvalue weighted by Crippen LogP contribution is 2.33. The van der Waals surface area contributed by atoms with Gasteiger partial charge in [0.25, 0.3) is 0 Å². The molecule has 1 saturated heterocycles. The summed E-state index contributed by atoms with van der Waals surface area (Å²) in [5, 5.41) is 3.42. The predicted molar refractivity (Wildman–Crippen MR) is 96.0 cm³/mol. The van der Waals surface area contributed by atoms with E-state index < -0.39 is 0 Å². The number of nitrogens with one attached hydrogen (secondary N) is 1. The molecule has 0 spiro atoms. The first-order valence-electron chi connectivity index (χ1n) is 9.17. The van der Waals surface area contributed by atoms with Crippen molar-refractivity contribution in [3.05, 3.63) is 28.8 Å². The maximum Gasteiger partial charge on any atom is 0.227 e. The van der Waals surface area contributed by atoms with Crippen LogP contribution < -0.4 is 10.2 Å². The van der Waals surface area contributed by atoms with Gasteiger partial charge in [-0.15, -0.1) is 0 Å². The summed E-state index contributed by atoms with van der Waals surface area (Å²) in [5.41, 5.74) is 5.15. The summed E-state index contributed by atoms with van der Waals surface area (Å²) in [5.74, 6) is 1.51. The Morgan fingerprint density at radius 1 is 1.30 bits per heavy atom. The molecule has 1 atom stereocenters. The molecule has 1 aromatic rings. The summed E-state index contributed by atoms with van der Waals surface area (Å²) < 4.78 is 0. The monoisotopic (exact) mass is 314 g/mol. The number of benzene rings is 1. The van der Waals surface area contributed by atoms with Crippen molar-refractivity contribution in [2.24, 2.45) is 11.8 Å². The van der Waals surface area contributed by atoms with E-state index in [2.05, 4.69) is 43.1 Å². The first-order chi connectivity index (χ1) is 11.1. The minimum absolute atomic E-state index is 0.321. The molecule has 3 heteroatoms. The van der Waals surface area contributed by atoms with Crippen molar-refractivity contribution in [2.45, 2.75) is 52.9 Å². The average molecular weight is 314 g/mol. The van der Waals surface area contributed by atoms with Gasteiger partial charge < -0.3 is 10.2 Å². The zero-order valence-electron chi connectivity index (χ0n) is 14.8. The van der Waals surface area contributed by atoms with Gasteiger partial charge >= 0.3 is 0 Å². The van der Waals surface area contributed by atoms with Gasteiger partial charge in [-0.2, -0.15) is 0 Å². The zero-order valence-corrected chi connectivity index (χ0v) is 14.8. The minimum Gasteiger partial charge on any atom is -0.317 e. The van der Waals surface area contributed by atoms with Gasteiger partial charge in [-0.1, -0.05) is 13.0 Å². The Kier molecular flexibility index (Phi) is 5.05. The van der Waals surface area contributed by atoms with Crippen LogP contribution >= 0.6 is 0 Å². The summed E-state index contributed by atoms with van der Waals surface area (Å²) in [6.07, 6.45) is 5.31. The minimum atomic E-state index is 0.321. The molecule has 3 nitrogen and oxygen atoms in total. The number of anilines is 1. The van der Waals surface area contributed by atoms with E-state index in [0.29, 0.717) is 24.2 Å². The molecule has 0 saturated carbocycles. The number of hydrogen-bond acceptors (Lipinski definition) is 2. The largest absolute Gasteiger partial charge is 0.317 e. The fourth-order valence-corrected chi connectivity index (χ4v) is 4.30. The highest BCUT2D eigenvalue weighted by molar-refractivity contribution is 5.95. The summed E-state index contributed by atoms with van der Waals surface area (Å²) in [7, 11) is 0. The standard InChI is InChI=1S/C20H30N2O/c1-14-11-16(3)18-5-4-10-22(19(18)12-14)20(23)13-15(2)17-6-8-21-9-7-17/h11-12,15,17,21H,4-10,13H2,1-3H3. The molecular formula is C20H30N2O. The Hall–Kier alpha value is -1.35. The van der Waals surface area contributed by atoms with Crippen LogP contribution in [0.2, 0.25) is 0 Å². The number of piperidine rings is 1. The second-order valence-electron chi connectivity index (χ2n) is 7.50. The van der Waals surface area contributed by atoms with Crippen LogP contribution in [-0.2, 0) is 11.2 Å². The van der Waals surface area contributed by atoms with Crippen molar-refractivity contribution in [1.29, 1.82) is 0 Å². The molecule has 0 aromatic heterocycles. The Labute approximate surface area is 140 Å². The Morgan fingerprint density at radius 3 is 2.78 bits per heavy atom. The highest BCUT2D eigenvalue weighted by Gasteiger charge is 2.28. The maximum absolute atomic E-state index is 12.9. The maximum atomic E-state index is 12.9. The van der Waals surface area contributed by atoms with E-state index in [4.69, 9.17) is 0 Å². The third kappa shape index (κ3) is 3.60. The molecule has 1 fully saturated rings. The molecule has 2 heterocycles. The molecule has 23 heavy (non-hydrogen) atoms. The van der Waals surface area contributed by atoms with E-state index in [-0.39, 0.29) is 0 Å². The number of nitrogens with zero attached hydrogens (tertiary/aromatic N) is 1. The van der Waals surface area contributed by atoms with E-state index in [1.54, 1.807) is 0 Å². The number of aryl methyl sites for hydroxylation is 2. The quantitative estimate of drug-likeness (QED) is 0.924. The molecule has 2 aliphatic rings. The van der Waals surface area contributed by atoms with E-state index >= 15 is 0 Å². The Balaban J connectivity index is 1.73. The predicted octanol–water partition coefficient (Wildman–Crippen LogP) is 3.61. The molecule has 1 unspecified atom stereocenters. The van der Waals surface area contributed by atoms with Gasteiger partial charge in [-0.25, -0.2) is 0 Å². The van der Waals surface area contributed by atoms with Crippen LogP contribution in [0.3, 0.4) is 0 Å². The second-order valence-corrected chi connectivity index (χ2v) is 7.50. The van der Waals surface area contributed by atoms with Gasteiger partial charge in [0.15, 0.2) is 0 Å². The van der Waals surface area contributed by atoms with Gasteiger partial charge in [0.2, 0.25) is 5.91 Å². The summed E-state index contributed by atoms with van der Waals surface area (Å²) >= 11 is 0. The van der Waals surface area contributed by atoms with E-state index in [0.717, 1.165) is 32.5 Å². The zero-order chi connectivity index (χ0) is 16.4. The first kappa shape index (κ1) is 16.5. The van der Waals surface area contributed by atoms with Crippen LogP contribution in [0.25, 0.3) is 0 Å². The van der Waals surface area contributed by atoms with Gasteiger partial charge in [0.05, 0.1) is 0 Å². The summed E-state index contributed by atoms with van der Waals surface area (Å²) in [6.45, 7) is 9.66. The number of hydrogen-bond donors (Lipinski definition) is 1. The third-order valence-electron chi connectivity index (χ3n) is 5.68. The Bertz CT molecular complexity index is 575. The topological polar surface area (TPSA) is 32.3 Å². The lowest BCUT2D eigenvalue weighted by Crippen LogP contribution is -2.38. The van der Waals surface area contributed by atoms with Crippen LogP contribution in [-0.4, -0.2) is 25.5 Å². The smallest absolute Gasteiger partial charge is 0.227 e. The molecule has 1 amide bonds. The van der Waals surface area contributed by atoms with Gasteiger partial charge in [0.1, 0.15) is 0 Å². The lowest BCUT2D eigenvalue weighted by molar-refractivity contribution is -0.119. The van der Waals surface area contributed by atoms with Crippen molar-refractivity contribution in [1.82, 2.24) is 5.32 Å². The number of amides is 1. The second kappa shape index (κ2) is 7.04. The SMILES string of the molecule is Cc1cc(C)c2c(c1)N(C(=O)CC(C)C1CCNCC1)CCC2. The van der Waals surface area contributed by atoms with Gasteiger partial charge in [-0.3, -0.25) is 4.79 Å². The van der Waals surface area contributed by atoms with Crippen molar-refractivity contribution in [3.8, 4) is 0 Å². The molecule has 1 aromatic carbocycles. The number of carbonyl (C=O) groups excluding carboxylic acids is 1. The molecule has 0 bridgehead atoms. The average Bonchev–Trinajstić information content (AvgIpc) is 2.55. The van der Waals surface area contributed by atoms with Crippen LogP contribution in [0.1, 0.15) is 49.3 Å². The summed E-state index contributed by atoms with van der Waals surface area (Å²) in [6, 6.07) is 4.44. The van der Waals surface area contributed by atoms with Crippen molar-refractivity contribution >= 4 is 11.6 Å². The van der Waals surface area contributed by atoms with Crippen molar-refractivity contribution in [3.63, 3.8) is 0 Å². The third-order valence-corrected chi connectivity index (χ3v) is 5.68. The van der Waals surface area contributed by atoms with Crippen LogP contribution in [0.4, 0.5) is 5.69 Å². The van der Waals surface area contributed by atoms with Crippen LogP contribution in [0.5, 0.6) is 0 Å². The lowest BCUT2D eigenvalue weighted by atomic mass is 9.83. The van der Waals surface area contributed by atoms with E-state index in [9.17, 15) is 4.79 Å². The number of rotatable bonds is 3. The van der Waals surface area contributed by atoms with Crippen molar-refractivity contribution < 1.29 is 4.79 Å². The van der Waals surface area contributed by atoms with Gasteiger partial charge in [0, 0.05) is 18.7 Å². The molecule has 2 aliphatic heterocycles. The molecule has 0 radical (unpaired) electrons. The van der Waals surface area contributed by atoms with E-state index in [1.165, 1.54) is 35.2 Å². The summed E-state index contributed by atoms with van der Waals surface area (Å²) in [4.78, 5) is 15.0. The fraction of sp³-hybridized carbons (Fsp3) is 0.650. The molecule has 126 valence electrons. The molecule has 3 rings (SSSR count). The molecule has 1 N–H and O–H groups in total. The molecule has 0 aliphatic carbocycles. The first-order valence-corrected chi connectivity index (χ1v) is 9.17. The normalized spacial score (nSPS) is 20.2. The van der Waals surface area contributed by atoms with Crippen molar-refractivity contribution in [2.75, 3.05) is 24.5 Å². The number of fused-ring (bicyclic) bond motifs is 1. The number of carbonyl (C=O) groups is 1. The molecular weight excluding hydrogens is 284 g/mol. The lowest BCUT2D eigenvalue weighted by Gasteiger charge is -2.33.